The van der Waals surface area contributed by atoms with Gasteiger partial charge >= 0.3 is 6.03 Å². The van der Waals surface area contributed by atoms with Gasteiger partial charge in [0, 0.05) is 43.5 Å². The molecule has 1 fully saturated rings. The van der Waals surface area contributed by atoms with E-state index in [0.29, 0.717) is 43.5 Å². The fraction of sp³-hybridized carbons (Fsp3) is 0.409. The molecule has 5 rings (SSSR count). The van der Waals surface area contributed by atoms with Crippen LogP contribution >= 0.6 is 0 Å². The molecule has 1 atom stereocenters. The van der Waals surface area contributed by atoms with Crippen molar-refractivity contribution < 1.29 is 14.3 Å². The summed E-state index contributed by atoms with van der Waals surface area (Å²) in [7, 11) is 0. The molecule has 1 N–H and O–H groups in total. The minimum atomic E-state index is -0.106. The Morgan fingerprint density at radius 1 is 1.23 bits per heavy atom. The molecule has 4 heterocycles. The zero-order chi connectivity index (χ0) is 20.5. The first-order valence-corrected chi connectivity index (χ1v) is 10.5. The summed E-state index contributed by atoms with van der Waals surface area (Å²) in [4.78, 5) is 24.1. The molecule has 8 nitrogen and oxygen atoms in total. The van der Waals surface area contributed by atoms with Crippen LogP contribution in [0.4, 0.5) is 10.5 Å². The topological polar surface area (TPSA) is 81.5 Å². The van der Waals surface area contributed by atoms with Crippen molar-refractivity contribution in [2.24, 2.45) is 0 Å². The molecule has 1 aromatic carbocycles. The number of imidazole rings is 1. The summed E-state index contributed by atoms with van der Waals surface area (Å²) < 4.78 is 13.4. The van der Waals surface area contributed by atoms with Gasteiger partial charge in [-0.25, -0.2) is 14.8 Å². The smallest absolute Gasteiger partial charge is 0.321 e. The van der Waals surface area contributed by atoms with E-state index in [1.54, 1.807) is 0 Å². The van der Waals surface area contributed by atoms with E-state index in [0.717, 1.165) is 36.4 Å². The van der Waals surface area contributed by atoms with Gasteiger partial charge < -0.3 is 24.3 Å². The normalized spacial score (nSPS) is 18.0. The largest absolute Gasteiger partial charge is 0.486 e. The summed E-state index contributed by atoms with van der Waals surface area (Å²) in [6.45, 7) is 5.44. The lowest BCUT2D eigenvalue weighted by atomic mass is 10.1. The highest BCUT2D eigenvalue weighted by Gasteiger charge is 2.31. The first-order chi connectivity index (χ1) is 14.7. The molecule has 0 radical (unpaired) electrons. The molecule has 0 saturated carbocycles. The molecule has 2 aliphatic heterocycles. The zero-order valence-corrected chi connectivity index (χ0v) is 17.0. The standard InChI is InChI=1S/C22H25N5O3/c1-2-9-27-20(25-17-4-3-8-23-21(17)27)15-7-10-26(14-15)22(28)24-16-5-6-18-19(13-16)30-12-11-29-18/h3-6,8,13,15H,2,7,9-12,14H2,1H3,(H,24,28)/t15-/m0/s1. The van der Waals surface area contributed by atoms with E-state index in [-0.39, 0.29) is 11.9 Å². The molecule has 3 aromatic rings. The number of ether oxygens (including phenoxy) is 2. The number of urea groups is 1. The molecule has 2 amide bonds. The van der Waals surface area contributed by atoms with Crippen LogP contribution in [0.3, 0.4) is 0 Å². The van der Waals surface area contributed by atoms with Crippen molar-refractivity contribution in [3.63, 3.8) is 0 Å². The van der Waals surface area contributed by atoms with Crippen molar-refractivity contribution in [1.82, 2.24) is 19.4 Å². The summed E-state index contributed by atoms with van der Waals surface area (Å²) in [5.41, 5.74) is 2.55. The van der Waals surface area contributed by atoms with Crippen molar-refractivity contribution in [2.75, 3.05) is 31.6 Å². The van der Waals surface area contributed by atoms with Gasteiger partial charge in [-0.05, 0) is 37.1 Å². The summed E-state index contributed by atoms with van der Waals surface area (Å²) in [5, 5.41) is 2.98. The lowest BCUT2D eigenvalue weighted by Crippen LogP contribution is -2.33. The molecule has 2 aliphatic rings. The van der Waals surface area contributed by atoms with Crippen molar-refractivity contribution in [3.05, 3.63) is 42.4 Å². The average Bonchev–Trinajstić information content (AvgIpc) is 3.39. The average molecular weight is 407 g/mol. The van der Waals surface area contributed by atoms with E-state index in [2.05, 4.69) is 21.8 Å². The van der Waals surface area contributed by atoms with Gasteiger partial charge in [0.05, 0.1) is 0 Å². The lowest BCUT2D eigenvalue weighted by Gasteiger charge is -2.21. The number of amides is 2. The van der Waals surface area contributed by atoms with Crippen LogP contribution in [-0.4, -0.2) is 51.8 Å². The first-order valence-electron chi connectivity index (χ1n) is 10.5. The predicted octanol–water partition coefficient (Wildman–Crippen LogP) is 3.63. The van der Waals surface area contributed by atoms with Gasteiger partial charge in [-0.15, -0.1) is 0 Å². The Bertz CT molecular complexity index is 1080. The number of benzene rings is 1. The number of anilines is 1. The molecular formula is C22H25N5O3. The van der Waals surface area contributed by atoms with E-state index in [9.17, 15) is 4.79 Å². The number of rotatable bonds is 4. The third kappa shape index (κ3) is 3.42. The Labute approximate surface area is 174 Å². The number of nitrogens with one attached hydrogen (secondary N) is 1. The van der Waals surface area contributed by atoms with Crippen LogP contribution in [0.2, 0.25) is 0 Å². The van der Waals surface area contributed by atoms with Crippen LogP contribution in [0.15, 0.2) is 36.5 Å². The van der Waals surface area contributed by atoms with Crippen molar-refractivity contribution in [2.45, 2.75) is 32.2 Å². The minimum absolute atomic E-state index is 0.106. The van der Waals surface area contributed by atoms with Crippen molar-refractivity contribution in [3.8, 4) is 11.5 Å². The van der Waals surface area contributed by atoms with E-state index < -0.39 is 0 Å². The highest BCUT2D eigenvalue weighted by atomic mass is 16.6. The molecule has 2 aromatic heterocycles. The minimum Gasteiger partial charge on any atom is -0.486 e. The Kier molecular flexibility index (Phi) is 4.90. The summed E-state index contributed by atoms with van der Waals surface area (Å²) >= 11 is 0. The van der Waals surface area contributed by atoms with E-state index in [1.807, 2.05) is 41.4 Å². The van der Waals surface area contributed by atoms with Crippen molar-refractivity contribution in [1.29, 1.82) is 0 Å². The number of aryl methyl sites for hydroxylation is 1. The monoisotopic (exact) mass is 407 g/mol. The van der Waals surface area contributed by atoms with Crippen LogP contribution in [0.25, 0.3) is 11.2 Å². The molecule has 8 heteroatoms. The summed E-state index contributed by atoms with van der Waals surface area (Å²) in [6.07, 6.45) is 3.71. The van der Waals surface area contributed by atoms with Gasteiger partial charge in [0.1, 0.15) is 24.6 Å². The Morgan fingerprint density at radius 2 is 2.10 bits per heavy atom. The summed E-state index contributed by atoms with van der Waals surface area (Å²) in [5.74, 6) is 2.61. The maximum Gasteiger partial charge on any atom is 0.321 e. The maximum absolute atomic E-state index is 12.8. The van der Waals surface area contributed by atoms with E-state index in [4.69, 9.17) is 14.5 Å². The fourth-order valence-electron chi connectivity index (χ4n) is 4.21. The second-order valence-corrected chi connectivity index (χ2v) is 7.69. The van der Waals surface area contributed by atoms with Gasteiger partial charge in [0.15, 0.2) is 17.1 Å². The molecular weight excluding hydrogens is 382 g/mol. The van der Waals surface area contributed by atoms with Gasteiger partial charge in [0.2, 0.25) is 0 Å². The van der Waals surface area contributed by atoms with E-state index in [1.165, 1.54) is 0 Å². The number of carbonyl (C=O) groups is 1. The van der Waals surface area contributed by atoms with Gasteiger partial charge in [-0.3, -0.25) is 0 Å². The number of hydrogen-bond acceptors (Lipinski definition) is 5. The second-order valence-electron chi connectivity index (χ2n) is 7.69. The fourth-order valence-corrected chi connectivity index (χ4v) is 4.21. The third-order valence-electron chi connectivity index (χ3n) is 5.61. The Hall–Kier alpha value is -3.29. The highest BCUT2D eigenvalue weighted by Crippen LogP contribution is 2.33. The number of pyridine rings is 1. The van der Waals surface area contributed by atoms with Crippen LogP contribution in [0.1, 0.15) is 31.5 Å². The number of carbonyl (C=O) groups excluding carboxylic acids is 1. The molecule has 0 aliphatic carbocycles. The molecule has 0 unspecified atom stereocenters. The summed E-state index contributed by atoms with van der Waals surface area (Å²) in [6, 6.07) is 9.29. The number of likely N-dealkylation sites (tertiary alicyclic amines) is 1. The van der Waals surface area contributed by atoms with Gasteiger partial charge in [-0.1, -0.05) is 6.92 Å². The maximum atomic E-state index is 12.8. The zero-order valence-electron chi connectivity index (χ0n) is 17.0. The third-order valence-corrected chi connectivity index (χ3v) is 5.61. The quantitative estimate of drug-likeness (QED) is 0.714. The van der Waals surface area contributed by atoms with Crippen LogP contribution in [0.5, 0.6) is 11.5 Å². The molecule has 0 bridgehead atoms. The van der Waals surface area contributed by atoms with Crippen molar-refractivity contribution >= 4 is 22.9 Å². The Morgan fingerprint density at radius 3 is 2.97 bits per heavy atom. The number of fused-ring (bicyclic) bond motifs is 2. The first kappa shape index (κ1) is 18.7. The highest BCUT2D eigenvalue weighted by molar-refractivity contribution is 5.90. The van der Waals surface area contributed by atoms with Crippen LogP contribution in [-0.2, 0) is 6.54 Å². The van der Waals surface area contributed by atoms with Crippen LogP contribution in [0, 0.1) is 0 Å². The lowest BCUT2D eigenvalue weighted by molar-refractivity contribution is 0.171. The number of hydrogen-bond donors (Lipinski definition) is 1. The Balaban J connectivity index is 1.31. The predicted molar refractivity (Wildman–Crippen MR) is 113 cm³/mol. The SMILES string of the molecule is CCCn1c([C@H]2CCN(C(=O)Nc3ccc4c(c3)OCCO4)C2)nc2cccnc21. The number of aromatic nitrogens is 3. The van der Waals surface area contributed by atoms with E-state index >= 15 is 0 Å². The van der Waals surface area contributed by atoms with Crippen LogP contribution < -0.4 is 14.8 Å². The second kappa shape index (κ2) is 7.85. The molecule has 1 saturated heterocycles. The number of nitrogens with zero attached hydrogens (tertiary/aromatic N) is 4. The van der Waals surface area contributed by atoms with Gasteiger partial charge in [-0.2, -0.15) is 0 Å². The molecule has 0 spiro atoms. The van der Waals surface area contributed by atoms with Gasteiger partial charge in [0.25, 0.3) is 0 Å². The molecule has 156 valence electrons. The molecule has 30 heavy (non-hydrogen) atoms.